The fourth-order valence-corrected chi connectivity index (χ4v) is 6.68. The van der Waals surface area contributed by atoms with Crippen molar-refractivity contribution < 1.29 is 17.9 Å². The second-order valence-corrected chi connectivity index (χ2v) is 11.8. The molecule has 1 N–H and O–H groups in total. The van der Waals surface area contributed by atoms with Crippen molar-refractivity contribution in [2.75, 3.05) is 4.31 Å². The number of nitrogens with zero attached hydrogens (tertiary/aromatic N) is 1. The molecule has 1 aromatic heterocycles. The molecule has 1 aliphatic rings. The van der Waals surface area contributed by atoms with Gasteiger partial charge in [0, 0.05) is 23.3 Å². The maximum Gasteiger partial charge on any atom is 0.365 e. The first-order valence-corrected chi connectivity index (χ1v) is 14.4. The van der Waals surface area contributed by atoms with E-state index in [1.165, 1.54) is 18.2 Å². The fraction of sp³-hybridized carbons (Fsp3) is 0.267. The number of thiocarbonyl (C=S) groups is 1. The SMILES string of the molecule is CCC(Cc1ccccc1)c1cc(O)c(N(C2=C(C(C)C)C(=S)CC=C2)S(=O)(=O)c2ccccc2)c(=O)o1. The van der Waals surface area contributed by atoms with Crippen LogP contribution in [0.3, 0.4) is 0 Å². The molecular formula is C30H31NO5S2. The molecular weight excluding hydrogens is 518 g/mol. The zero-order valence-corrected chi connectivity index (χ0v) is 23.3. The van der Waals surface area contributed by atoms with Crippen LogP contribution in [0.25, 0.3) is 0 Å². The Bertz CT molecular complexity index is 1540. The number of anilines is 1. The number of benzene rings is 2. The van der Waals surface area contributed by atoms with Crippen LogP contribution in [0.2, 0.25) is 0 Å². The summed E-state index contributed by atoms with van der Waals surface area (Å²) in [7, 11) is -4.33. The zero-order valence-electron chi connectivity index (χ0n) is 21.6. The Morgan fingerprint density at radius 1 is 1.05 bits per heavy atom. The average molecular weight is 550 g/mol. The number of rotatable bonds is 9. The lowest BCUT2D eigenvalue weighted by atomic mass is 9.92. The van der Waals surface area contributed by atoms with Crippen LogP contribution in [0.15, 0.2) is 104 Å². The topological polar surface area (TPSA) is 87.8 Å². The molecule has 3 aromatic rings. The minimum Gasteiger partial charge on any atom is -0.505 e. The molecule has 38 heavy (non-hydrogen) atoms. The summed E-state index contributed by atoms with van der Waals surface area (Å²) in [5, 5.41) is 11.2. The van der Waals surface area contributed by atoms with Crippen molar-refractivity contribution in [2.24, 2.45) is 5.92 Å². The van der Waals surface area contributed by atoms with Gasteiger partial charge in [0.25, 0.3) is 10.0 Å². The summed E-state index contributed by atoms with van der Waals surface area (Å²) >= 11 is 5.59. The van der Waals surface area contributed by atoms with Gasteiger partial charge in [-0.15, -0.1) is 0 Å². The van der Waals surface area contributed by atoms with Gasteiger partial charge in [0.2, 0.25) is 0 Å². The van der Waals surface area contributed by atoms with Crippen molar-refractivity contribution >= 4 is 32.8 Å². The summed E-state index contributed by atoms with van der Waals surface area (Å²) in [6, 6.07) is 18.9. The van der Waals surface area contributed by atoms with Crippen molar-refractivity contribution in [2.45, 2.75) is 50.8 Å². The molecule has 1 atom stereocenters. The average Bonchev–Trinajstić information content (AvgIpc) is 2.89. The monoisotopic (exact) mass is 549 g/mol. The smallest absolute Gasteiger partial charge is 0.365 e. The van der Waals surface area contributed by atoms with E-state index in [9.17, 15) is 18.3 Å². The Morgan fingerprint density at radius 2 is 1.68 bits per heavy atom. The summed E-state index contributed by atoms with van der Waals surface area (Å²) in [4.78, 5) is 14.1. The third kappa shape index (κ3) is 5.51. The second-order valence-electron chi connectivity index (χ2n) is 9.53. The largest absolute Gasteiger partial charge is 0.505 e. The Kier molecular flexibility index (Phi) is 8.33. The summed E-state index contributed by atoms with van der Waals surface area (Å²) < 4.78 is 34.7. The van der Waals surface area contributed by atoms with Crippen LogP contribution in [0.4, 0.5) is 5.69 Å². The van der Waals surface area contributed by atoms with Gasteiger partial charge >= 0.3 is 5.63 Å². The maximum absolute atomic E-state index is 14.1. The fourth-order valence-electron chi connectivity index (χ4n) is 4.71. The highest BCUT2D eigenvalue weighted by Gasteiger charge is 2.36. The summed E-state index contributed by atoms with van der Waals surface area (Å²) in [6.45, 7) is 5.79. The molecule has 1 heterocycles. The first-order chi connectivity index (χ1) is 18.1. The Hall–Kier alpha value is -3.49. The van der Waals surface area contributed by atoms with Gasteiger partial charge in [-0.05, 0) is 48.1 Å². The van der Waals surface area contributed by atoms with E-state index in [0.29, 0.717) is 35.5 Å². The number of hydrogen-bond acceptors (Lipinski definition) is 6. The molecule has 0 spiro atoms. The molecule has 0 bridgehead atoms. The van der Waals surface area contributed by atoms with Crippen LogP contribution in [0.1, 0.15) is 50.9 Å². The third-order valence-electron chi connectivity index (χ3n) is 6.58. The number of allylic oxidation sites excluding steroid dienone is 3. The highest BCUT2D eigenvalue weighted by molar-refractivity contribution is 7.93. The van der Waals surface area contributed by atoms with E-state index < -0.39 is 27.1 Å². The quantitative estimate of drug-likeness (QED) is 0.306. The summed E-state index contributed by atoms with van der Waals surface area (Å²) in [5.41, 5.74) is 0.514. The lowest BCUT2D eigenvalue weighted by Crippen LogP contribution is -2.36. The van der Waals surface area contributed by atoms with Crippen LogP contribution in [-0.2, 0) is 16.4 Å². The third-order valence-corrected chi connectivity index (χ3v) is 8.70. The van der Waals surface area contributed by atoms with Crippen LogP contribution < -0.4 is 9.93 Å². The van der Waals surface area contributed by atoms with Crippen LogP contribution in [0.5, 0.6) is 5.75 Å². The molecule has 0 aliphatic heterocycles. The molecule has 0 amide bonds. The number of hydrogen-bond donors (Lipinski definition) is 1. The van der Waals surface area contributed by atoms with E-state index >= 15 is 0 Å². The van der Waals surface area contributed by atoms with Gasteiger partial charge in [0.15, 0.2) is 11.4 Å². The van der Waals surface area contributed by atoms with E-state index in [-0.39, 0.29) is 22.4 Å². The van der Waals surface area contributed by atoms with E-state index in [1.54, 1.807) is 30.4 Å². The second kappa shape index (κ2) is 11.5. The van der Waals surface area contributed by atoms with Crippen molar-refractivity contribution in [3.05, 3.63) is 112 Å². The molecule has 6 nitrogen and oxygen atoms in total. The van der Waals surface area contributed by atoms with Crippen molar-refractivity contribution in [1.29, 1.82) is 0 Å². The first-order valence-electron chi connectivity index (χ1n) is 12.6. The van der Waals surface area contributed by atoms with Gasteiger partial charge < -0.3 is 9.52 Å². The lowest BCUT2D eigenvalue weighted by molar-refractivity contribution is 0.395. The van der Waals surface area contributed by atoms with Crippen LogP contribution >= 0.6 is 12.2 Å². The van der Waals surface area contributed by atoms with E-state index in [4.69, 9.17) is 16.6 Å². The predicted molar refractivity (Wildman–Crippen MR) is 154 cm³/mol. The maximum atomic E-state index is 14.1. The Labute approximate surface area is 229 Å². The molecule has 198 valence electrons. The van der Waals surface area contributed by atoms with Crippen LogP contribution in [-0.4, -0.2) is 18.4 Å². The van der Waals surface area contributed by atoms with Gasteiger partial charge in [-0.1, -0.05) is 87.6 Å². The Balaban J connectivity index is 1.92. The van der Waals surface area contributed by atoms with Gasteiger partial charge in [0.05, 0.1) is 10.6 Å². The minimum atomic E-state index is -4.33. The number of sulfonamides is 1. The summed E-state index contributed by atoms with van der Waals surface area (Å²) in [6.07, 6.45) is 5.15. The predicted octanol–water partition coefficient (Wildman–Crippen LogP) is 6.52. The summed E-state index contributed by atoms with van der Waals surface area (Å²) in [5.74, 6) is -0.480. The molecule has 1 aliphatic carbocycles. The van der Waals surface area contributed by atoms with Gasteiger partial charge in [-0.25, -0.2) is 17.5 Å². The first kappa shape index (κ1) is 27.5. The molecule has 4 rings (SSSR count). The minimum absolute atomic E-state index is 0.0288. The van der Waals surface area contributed by atoms with E-state index in [1.807, 2.05) is 51.1 Å². The van der Waals surface area contributed by atoms with Gasteiger partial charge in [-0.3, -0.25) is 0 Å². The Morgan fingerprint density at radius 3 is 2.26 bits per heavy atom. The molecule has 0 radical (unpaired) electrons. The highest BCUT2D eigenvalue weighted by atomic mass is 32.2. The van der Waals surface area contributed by atoms with Crippen molar-refractivity contribution in [3.63, 3.8) is 0 Å². The van der Waals surface area contributed by atoms with Crippen LogP contribution in [0, 0.1) is 5.92 Å². The highest BCUT2D eigenvalue weighted by Crippen LogP contribution is 2.38. The standard InChI is InChI=1S/C30H31NO5S2/c1-4-22(18-21-12-7-5-8-13-21)26-19-25(32)29(30(33)36-26)31(38(34,35)23-14-9-6-10-15-23)24-16-11-17-27(37)28(24)20(2)3/h5-16,19-20,22,32H,4,17-18H2,1-3H3. The number of aromatic hydroxyl groups is 1. The van der Waals surface area contributed by atoms with E-state index in [0.717, 1.165) is 9.87 Å². The normalized spacial score (nSPS) is 14.7. The lowest BCUT2D eigenvalue weighted by Gasteiger charge is -2.30. The molecule has 0 fully saturated rings. The molecule has 0 saturated carbocycles. The van der Waals surface area contributed by atoms with Crippen molar-refractivity contribution in [1.82, 2.24) is 0 Å². The molecule has 1 unspecified atom stereocenters. The molecule has 2 aromatic carbocycles. The van der Waals surface area contributed by atoms with Crippen molar-refractivity contribution in [3.8, 4) is 5.75 Å². The van der Waals surface area contributed by atoms with Gasteiger partial charge in [0.1, 0.15) is 5.76 Å². The van der Waals surface area contributed by atoms with E-state index in [2.05, 4.69) is 0 Å². The molecule has 0 saturated heterocycles. The van der Waals surface area contributed by atoms with Gasteiger partial charge in [-0.2, -0.15) is 0 Å². The molecule has 8 heteroatoms. The zero-order chi connectivity index (χ0) is 27.4.